The Morgan fingerprint density at radius 3 is 2.56 bits per heavy atom. The van der Waals surface area contributed by atoms with Crippen molar-refractivity contribution in [3.63, 3.8) is 0 Å². The van der Waals surface area contributed by atoms with Crippen molar-refractivity contribution in [2.24, 2.45) is 5.92 Å². The molecular formula is C19H22FNO6. The Balaban J connectivity index is 2.02. The molecule has 146 valence electrons. The predicted molar refractivity (Wildman–Crippen MR) is 94.6 cm³/mol. The minimum atomic E-state index is -0.892. The number of aryl methyl sites for hydroxylation is 1. The van der Waals surface area contributed by atoms with Crippen molar-refractivity contribution in [2.45, 2.75) is 33.2 Å². The molecule has 8 heteroatoms. The molecule has 0 bridgehead atoms. The van der Waals surface area contributed by atoms with E-state index in [1.807, 2.05) is 13.8 Å². The van der Waals surface area contributed by atoms with Crippen LogP contribution >= 0.6 is 0 Å². The summed E-state index contributed by atoms with van der Waals surface area (Å²) >= 11 is 0. The SMILES string of the molecule is COC(=O)[C@H](CC(C)C)NC(=O)COC(=O)c1oc2c(F)cccc2c1C. The van der Waals surface area contributed by atoms with Crippen LogP contribution in [0.4, 0.5) is 4.39 Å². The van der Waals surface area contributed by atoms with Crippen LogP contribution in [0, 0.1) is 18.7 Å². The van der Waals surface area contributed by atoms with Gasteiger partial charge in [-0.25, -0.2) is 14.0 Å². The highest BCUT2D eigenvalue weighted by atomic mass is 19.1. The van der Waals surface area contributed by atoms with Crippen LogP contribution in [-0.2, 0) is 19.1 Å². The maximum absolute atomic E-state index is 13.8. The van der Waals surface area contributed by atoms with Crippen LogP contribution in [-0.4, -0.2) is 37.6 Å². The zero-order valence-corrected chi connectivity index (χ0v) is 15.6. The zero-order valence-electron chi connectivity index (χ0n) is 15.6. The molecule has 1 aromatic heterocycles. The van der Waals surface area contributed by atoms with E-state index >= 15 is 0 Å². The minimum Gasteiger partial charge on any atom is -0.467 e. The Bertz CT molecular complexity index is 857. The second kappa shape index (κ2) is 8.66. The number of rotatable bonds is 7. The highest BCUT2D eigenvalue weighted by Crippen LogP contribution is 2.27. The Morgan fingerprint density at radius 2 is 1.96 bits per heavy atom. The molecule has 0 saturated carbocycles. The van der Waals surface area contributed by atoms with Crippen LogP contribution in [0.2, 0.25) is 0 Å². The van der Waals surface area contributed by atoms with Gasteiger partial charge in [0.2, 0.25) is 5.76 Å². The van der Waals surface area contributed by atoms with Crippen LogP contribution < -0.4 is 5.32 Å². The first-order chi connectivity index (χ1) is 12.7. The average Bonchev–Trinajstić information content (AvgIpc) is 2.96. The minimum absolute atomic E-state index is 0.0471. The van der Waals surface area contributed by atoms with Gasteiger partial charge in [-0.15, -0.1) is 0 Å². The molecular weight excluding hydrogens is 357 g/mol. The number of esters is 2. The van der Waals surface area contributed by atoms with Crippen molar-refractivity contribution in [1.82, 2.24) is 5.32 Å². The number of hydrogen-bond acceptors (Lipinski definition) is 6. The number of hydrogen-bond donors (Lipinski definition) is 1. The molecule has 0 radical (unpaired) electrons. The highest BCUT2D eigenvalue weighted by Gasteiger charge is 2.25. The quantitative estimate of drug-likeness (QED) is 0.744. The van der Waals surface area contributed by atoms with Gasteiger partial charge in [0.05, 0.1) is 7.11 Å². The third kappa shape index (κ3) is 4.84. The second-order valence-electron chi connectivity index (χ2n) is 6.52. The summed E-state index contributed by atoms with van der Waals surface area (Å²) in [4.78, 5) is 35.9. The average molecular weight is 379 g/mol. The Hall–Kier alpha value is -2.90. The number of para-hydroxylation sites is 1. The lowest BCUT2D eigenvalue weighted by atomic mass is 10.0. The molecule has 1 atom stereocenters. The van der Waals surface area contributed by atoms with Crippen molar-refractivity contribution in [3.8, 4) is 0 Å². The maximum atomic E-state index is 13.8. The van der Waals surface area contributed by atoms with E-state index < -0.39 is 36.3 Å². The number of carbonyl (C=O) groups is 3. The third-order valence-corrected chi connectivity index (χ3v) is 3.96. The summed E-state index contributed by atoms with van der Waals surface area (Å²) in [6, 6.07) is 3.51. The molecule has 1 aromatic carbocycles. The molecule has 2 aromatic rings. The Labute approximate surface area is 155 Å². The molecule has 27 heavy (non-hydrogen) atoms. The molecule has 1 heterocycles. The molecule has 0 aliphatic rings. The summed E-state index contributed by atoms with van der Waals surface area (Å²) in [6.07, 6.45) is 0.383. The van der Waals surface area contributed by atoms with E-state index in [2.05, 4.69) is 10.1 Å². The largest absolute Gasteiger partial charge is 0.467 e. The number of nitrogens with one attached hydrogen (secondary N) is 1. The van der Waals surface area contributed by atoms with Crippen molar-refractivity contribution in [2.75, 3.05) is 13.7 Å². The summed E-state index contributed by atoms with van der Waals surface area (Å²) in [5, 5.41) is 2.93. The normalized spacial score (nSPS) is 12.1. The van der Waals surface area contributed by atoms with E-state index in [9.17, 15) is 18.8 Å². The fourth-order valence-electron chi connectivity index (χ4n) is 2.66. The third-order valence-electron chi connectivity index (χ3n) is 3.96. The number of methoxy groups -OCH3 is 1. The molecule has 0 unspecified atom stereocenters. The van der Waals surface area contributed by atoms with Crippen molar-refractivity contribution >= 4 is 28.8 Å². The topological polar surface area (TPSA) is 94.8 Å². The first-order valence-corrected chi connectivity index (χ1v) is 8.46. The second-order valence-corrected chi connectivity index (χ2v) is 6.52. The van der Waals surface area contributed by atoms with E-state index in [0.717, 1.165) is 0 Å². The van der Waals surface area contributed by atoms with E-state index in [4.69, 9.17) is 9.15 Å². The highest BCUT2D eigenvalue weighted by molar-refractivity contribution is 5.97. The number of halogens is 1. The number of furan rings is 1. The molecule has 1 N–H and O–H groups in total. The lowest BCUT2D eigenvalue weighted by molar-refractivity contribution is -0.145. The van der Waals surface area contributed by atoms with Gasteiger partial charge in [0.25, 0.3) is 5.91 Å². The monoisotopic (exact) mass is 379 g/mol. The van der Waals surface area contributed by atoms with Gasteiger partial charge < -0.3 is 19.2 Å². The van der Waals surface area contributed by atoms with Crippen molar-refractivity contribution in [1.29, 1.82) is 0 Å². The first kappa shape index (κ1) is 20.4. The molecule has 1 amide bonds. The van der Waals surface area contributed by atoms with E-state index in [1.54, 1.807) is 13.0 Å². The molecule has 2 rings (SSSR count). The summed E-state index contributed by atoms with van der Waals surface area (Å²) in [5.74, 6) is -2.75. The first-order valence-electron chi connectivity index (χ1n) is 8.46. The van der Waals surface area contributed by atoms with E-state index in [-0.39, 0.29) is 17.3 Å². The van der Waals surface area contributed by atoms with Crippen molar-refractivity contribution in [3.05, 3.63) is 35.3 Å². The standard InChI is InChI=1S/C19H22FNO6/c1-10(2)8-14(18(23)25-4)21-15(22)9-26-19(24)16-11(3)12-6-5-7-13(20)17(12)27-16/h5-7,10,14H,8-9H2,1-4H3,(H,21,22)/t14-/m0/s1. The molecule has 7 nitrogen and oxygen atoms in total. The van der Waals surface area contributed by atoms with Crippen LogP contribution in [0.5, 0.6) is 0 Å². The van der Waals surface area contributed by atoms with Crippen LogP contribution in [0.3, 0.4) is 0 Å². The lowest BCUT2D eigenvalue weighted by Crippen LogP contribution is -2.44. The Kier molecular flexibility index (Phi) is 6.55. The summed E-state index contributed by atoms with van der Waals surface area (Å²) < 4.78 is 28.6. The van der Waals surface area contributed by atoms with E-state index in [1.165, 1.54) is 19.2 Å². The molecule has 0 aliphatic heterocycles. The smallest absolute Gasteiger partial charge is 0.375 e. The number of amides is 1. The fraction of sp³-hybridized carbons (Fsp3) is 0.421. The number of ether oxygens (including phenoxy) is 2. The number of carbonyl (C=O) groups excluding carboxylic acids is 3. The van der Waals surface area contributed by atoms with Crippen LogP contribution in [0.15, 0.2) is 22.6 Å². The summed E-state index contributed by atoms with van der Waals surface area (Å²) in [5.41, 5.74) is 0.372. The van der Waals surface area contributed by atoms with Gasteiger partial charge in [-0.05, 0) is 25.3 Å². The van der Waals surface area contributed by atoms with E-state index in [0.29, 0.717) is 17.4 Å². The predicted octanol–water partition coefficient (Wildman–Crippen LogP) is 2.74. The Morgan fingerprint density at radius 1 is 1.26 bits per heavy atom. The molecule has 0 saturated heterocycles. The van der Waals surface area contributed by atoms with Crippen molar-refractivity contribution < 1.29 is 32.7 Å². The number of benzene rings is 1. The van der Waals surface area contributed by atoms with Gasteiger partial charge in [0.1, 0.15) is 6.04 Å². The van der Waals surface area contributed by atoms with Gasteiger partial charge in [0, 0.05) is 10.9 Å². The van der Waals surface area contributed by atoms with Gasteiger partial charge in [-0.3, -0.25) is 4.79 Å². The van der Waals surface area contributed by atoms with Gasteiger partial charge in [-0.2, -0.15) is 0 Å². The maximum Gasteiger partial charge on any atom is 0.375 e. The molecule has 0 aliphatic carbocycles. The zero-order chi connectivity index (χ0) is 20.1. The van der Waals surface area contributed by atoms with Gasteiger partial charge in [0.15, 0.2) is 18.0 Å². The van der Waals surface area contributed by atoms with Crippen LogP contribution in [0.1, 0.15) is 36.4 Å². The fourth-order valence-corrected chi connectivity index (χ4v) is 2.66. The molecule has 0 spiro atoms. The lowest BCUT2D eigenvalue weighted by Gasteiger charge is -2.18. The summed E-state index contributed by atoms with van der Waals surface area (Å²) in [7, 11) is 1.23. The summed E-state index contributed by atoms with van der Waals surface area (Å²) in [6.45, 7) is 4.78. The van der Waals surface area contributed by atoms with Crippen LogP contribution in [0.25, 0.3) is 11.0 Å². The molecule has 0 fully saturated rings. The van der Waals surface area contributed by atoms with Gasteiger partial charge >= 0.3 is 11.9 Å². The number of fused-ring (bicyclic) bond motifs is 1. The van der Waals surface area contributed by atoms with Gasteiger partial charge in [-0.1, -0.05) is 26.0 Å².